The molecule has 212 valence electrons. The number of carbonyl (C=O) groups excluding carboxylic acids is 2. The molecule has 0 saturated carbocycles. The summed E-state index contributed by atoms with van der Waals surface area (Å²) in [5.41, 5.74) is 15.3. The van der Waals surface area contributed by atoms with Crippen molar-refractivity contribution in [2.75, 3.05) is 61.6 Å². The molecule has 4 aromatic heterocycles. The number of hydrogen-bond acceptors (Lipinski definition) is 11. The van der Waals surface area contributed by atoms with Gasteiger partial charge in [0.15, 0.2) is 0 Å². The lowest BCUT2D eigenvalue weighted by atomic mass is 10.1. The summed E-state index contributed by atoms with van der Waals surface area (Å²) in [6.45, 7) is 1.92. The van der Waals surface area contributed by atoms with Crippen molar-refractivity contribution in [2.24, 2.45) is 0 Å². The summed E-state index contributed by atoms with van der Waals surface area (Å²) >= 11 is 2.35. The van der Waals surface area contributed by atoms with Crippen molar-refractivity contribution < 1.29 is 18.0 Å². The number of sulfonamides is 1. The molecule has 0 aliphatic carbocycles. The Morgan fingerprint density at radius 1 is 1.02 bits per heavy atom. The van der Waals surface area contributed by atoms with Crippen LogP contribution in [-0.2, 0) is 16.6 Å². The molecule has 0 atom stereocenters. The molecule has 1 aliphatic rings. The Morgan fingerprint density at radius 2 is 1.65 bits per heavy atom. The SMILES string of the molecule is CN(C)C(=O)c1sc2nc(CN(C)C(=O)c3sc4nccc(NS(C)(=O)=O)c4c3N)cc(N3CCCC3)c2c1N. The van der Waals surface area contributed by atoms with Gasteiger partial charge in [-0.2, -0.15) is 0 Å². The highest BCUT2D eigenvalue weighted by Crippen LogP contribution is 2.41. The molecule has 0 radical (unpaired) electrons. The summed E-state index contributed by atoms with van der Waals surface area (Å²) in [6.07, 6.45) is 4.62. The first-order chi connectivity index (χ1) is 18.9. The van der Waals surface area contributed by atoms with E-state index in [1.807, 2.05) is 6.07 Å². The quantitative estimate of drug-likeness (QED) is 0.288. The number of pyridine rings is 2. The lowest BCUT2D eigenvalue weighted by Gasteiger charge is -2.22. The van der Waals surface area contributed by atoms with Crippen molar-refractivity contribution in [3.05, 3.63) is 33.8 Å². The van der Waals surface area contributed by atoms with Gasteiger partial charge in [-0.1, -0.05) is 0 Å². The van der Waals surface area contributed by atoms with Gasteiger partial charge in [0.25, 0.3) is 11.8 Å². The molecular formula is C25H30N8O4S3. The second kappa shape index (κ2) is 10.4. The summed E-state index contributed by atoms with van der Waals surface area (Å²) in [6, 6.07) is 3.44. The number of thiophene rings is 2. The highest BCUT2D eigenvalue weighted by Gasteiger charge is 2.27. The number of rotatable bonds is 7. The van der Waals surface area contributed by atoms with Crippen LogP contribution in [0, 0.1) is 0 Å². The minimum absolute atomic E-state index is 0.162. The van der Waals surface area contributed by atoms with E-state index in [1.54, 1.807) is 21.1 Å². The van der Waals surface area contributed by atoms with Crippen molar-refractivity contribution >= 4 is 87.7 Å². The number of hydrogen-bond donors (Lipinski definition) is 3. The molecule has 1 fully saturated rings. The maximum atomic E-state index is 13.5. The number of nitrogen functional groups attached to an aromatic ring is 2. The van der Waals surface area contributed by atoms with Crippen LogP contribution in [0.4, 0.5) is 22.7 Å². The molecular weight excluding hydrogens is 573 g/mol. The molecule has 0 spiro atoms. The number of nitrogens with two attached hydrogens (primary N) is 2. The standard InChI is InChI=1S/C25H30N8O4S3/c1-31(2)24(34)20-19(27)17-15(33-9-5-6-10-33)11-13(29-23(17)39-20)12-32(3)25(35)21-18(26)16-14(30-40(4,36)37)7-8-28-22(16)38-21/h7-8,11H,5-6,9-10,12,26-27H2,1-4H3,(H,28,30). The second-order valence-electron chi connectivity index (χ2n) is 9.97. The van der Waals surface area contributed by atoms with Crippen LogP contribution >= 0.6 is 22.7 Å². The first-order valence-corrected chi connectivity index (χ1v) is 16.0. The highest BCUT2D eigenvalue weighted by atomic mass is 32.2. The smallest absolute Gasteiger partial charge is 0.266 e. The average molecular weight is 603 g/mol. The minimum atomic E-state index is -3.56. The normalized spacial score (nSPS) is 13.8. The largest absolute Gasteiger partial charge is 0.397 e. The molecule has 5 rings (SSSR count). The third kappa shape index (κ3) is 5.11. The first kappa shape index (κ1) is 27.9. The molecule has 0 aromatic carbocycles. The van der Waals surface area contributed by atoms with Gasteiger partial charge in [0.1, 0.15) is 19.4 Å². The van der Waals surface area contributed by atoms with Gasteiger partial charge in [0, 0.05) is 40.4 Å². The average Bonchev–Trinajstić information content (AvgIpc) is 3.61. The van der Waals surface area contributed by atoms with Crippen LogP contribution in [0.3, 0.4) is 0 Å². The molecule has 5 N–H and O–H groups in total. The Hall–Kier alpha value is -3.69. The Bertz CT molecular complexity index is 1760. The maximum Gasteiger partial charge on any atom is 0.266 e. The van der Waals surface area contributed by atoms with Gasteiger partial charge in [0.2, 0.25) is 10.0 Å². The minimum Gasteiger partial charge on any atom is -0.397 e. The Labute approximate surface area is 239 Å². The van der Waals surface area contributed by atoms with E-state index in [4.69, 9.17) is 16.5 Å². The van der Waals surface area contributed by atoms with E-state index in [-0.39, 0.29) is 34.6 Å². The lowest BCUT2D eigenvalue weighted by molar-refractivity contribution is 0.0788. The molecule has 4 aromatic rings. The number of carbonyl (C=O) groups is 2. The fourth-order valence-corrected chi connectivity index (χ4v) is 7.59. The summed E-state index contributed by atoms with van der Waals surface area (Å²) in [5.74, 6) is -0.523. The van der Waals surface area contributed by atoms with Crippen LogP contribution in [-0.4, -0.2) is 80.5 Å². The van der Waals surface area contributed by atoms with Crippen molar-refractivity contribution in [1.29, 1.82) is 0 Å². The third-order valence-corrected chi connectivity index (χ3v) is 9.42. The zero-order valence-electron chi connectivity index (χ0n) is 22.5. The molecule has 2 amide bonds. The number of aromatic nitrogens is 2. The summed E-state index contributed by atoms with van der Waals surface area (Å²) < 4.78 is 26.1. The summed E-state index contributed by atoms with van der Waals surface area (Å²) in [7, 11) is 1.46. The third-order valence-electron chi connectivity index (χ3n) is 6.64. The van der Waals surface area contributed by atoms with E-state index in [1.165, 1.54) is 33.4 Å². The molecule has 5 heterocycles. The van der Waals surface area contributed by atoms with E-state index in [2.05, 4.69) is 14.6 Å². The molecule has 40 heavy (non-hydrogen) atoms. The topological polar surface area (TPSA) is 168 Å². The molecule has 0 unspecified atom stereocenters. The van der Waals surface area contributed by atoms with Gasteiger partial charge in [-0.15, -0.1) is 22.7 Å². The van der Waals surface area contributed by atoms with Gasteiger partial charge in [-0.05, 0) is 25.0 Å². The van der Waals surface area contributed by atoms with Crippen molar-refractivity contribution in [3.8, 4) is 0 Å². The van der Waals surface area contributed by atoms with Gasteiger partial charge in [0.05, 0.1) is 52.0 Å². The van der Waals surface area contributed by atoms with Crippen LogP contribution in [0.15, 0.2) is 18.3 Å². The number of amides is 2. The number of fused-ring (bicyclic) bond motifs is 2. The Balaban J connectivity index is 1.51. The van der Waals surface area contributed by atoms with Gasteiger partial charge >= 0.3 is 0 Å². The van der Waals surface area contributed by atoms with Crippen LogP contribution < -0.4 is 21.1 Å². The maximum absolute atomic E-state index is 13.5. The van der Waals surface area contributed by atoms with Crippen LogP contribution in [0.5, 0.6) is 0 Å². The Kier molecular flexibility index (Phi) is 7.22. The Morgan fingerprint density at radius 3 is 2.30 bits per heavy atom. The zero-order valence-corrected chi connectivity index (χ0v) is 25.0. The number of nitrogens with one attached hydrogen (secondary N) is 1. The predicted molar refractivity (Wildman–Crippen MR) is 162 cm³/mol. The number of nitrogens with zero attached hydrogens (tertiary/aromatic N) is 5. The summed E-state index contributed by atoms with van der Waals surface area (Å²) in [5, 5.41) is 1.15. The first-order valence-electron chi connectivity index (χ1n) is 12.4. The molecule has 0 bridgehead atoms. The fraction of sp³-hybridized carbons (Fsp3) is 0.360. The molecule has 1 aliphatic heterocycles. The lowest BCUT2D eigenvalue weighted by Crippen LogP contribution is -2.27. The van der Waals surface area contributed by atoms with Gasteiger partial charge < -0.3 is 26.2 Å². The van der Waals surface area contributed by atoms with Crippen LogP contribution in [0.25, 0.3) is 20.4 Å². The second-order valence-corrected chi connectivity index (χ2v) is 13.7. The van der Waals surface area contributed by atoms with E-state index in [9.17, 15) is 18.0 Å². The highest BCUT2D eigenvalue weighted by molar-refractivity contribution is 7.92. The molecule has 15 heteroatoms. The van der Waals surface area contributed by atoms with E-state index in [0.717, 1.165) is 54.6 Å². The van der Waals surface area contributed by atoms with E-state index < -0.39 is 10.0 Å². The predicted octanol–water partition coefficient (Wildman–Crippen LogP) is 3.02. The van der Waals surface area contributed by atoms with Crippen LogP contribution in [0.2, 0.25) is 0 Å². The van der Waals surface area contributed by atoms with E-state index in [0.29, 0.717) is 31.3 Å². The van der Waals surface area contributed by atoms with Crippen LogP contribution in [0.1, 0.15) is 37.9 Å². The molecule has 1 saturated heterocycles. The van der Waals surface area contributed by atoms with E-state index >= 15 is 0 Å². The molecule has 12 nitrogen and oxygen atoms in total. The summed E-state index contributed by atoms with van der Waals surface area (Å²) in [4.78, 5) is 42.5. The monoisotopic (exact) mass is 602 g/mol. The number of anilines is 4. The zero-order chi connectivity index (χ0) is 28.9. The van der Waals surface area contributed by atoms with Crippen molar-refractivity contribution in [1.82, 2.24) is 19.8 Å². The fourth-order valence-electron chi connectivity index (χ4n) is 4.78. The van der Waals surface area contributed by atoms with Crippen molar-refractivity contribution in [3.63, 3.8) is 0 Å². The van der Waals surface area contributed by atoms with Gasteiger partial charge in [-0.3, -0.25) is 14.3 Å². The van der Waals surface area contributed by atoms with Crippen molar-refractivity contribution in [2.45, 2.75) is 19.4 Å². The van der Waals surface area contributed by atoms with Gasteiger partial charge in [-0.25, -0.2) is 18.4 Å².